The minimum absolute atomic E-state index is 0.0285. The molecule has 0 spiro atoms. The lowest BCUT2D eigenvalue weighted by molar-refractivity contribution is -0.120. The van der Waals surface area contributed by atoms with Crippen LogP contribution in [-0.4, -0.2) is 16.9 Å². The molecule has 0 aliphatic heterocycles. The van der Waals surface area contributed by atoms with Crippen molar-refractivity contribution < 1.29 is 9.59 Å². The van der Waals surface area contributed by atoms with Crippen molar-refractivity contribution in [3.63, 3.8) is 0 Å². The zero-order valence-corrected chi connectivity index (χ0v) is 13.5. The van der Waals surface area contributed by atoms with Gasteiger partial charge in [0.25, 0.3) is 0 Å². The van der Waals surface area contributed by atoms with Crippen LogP contribution in [0.1, 0.15) is 39.0 Å². The van der Waals surface area contributed by atoms with E-state index in [0.717, 1.165) is 18.5 Å². The largest absolute Gasteiger partial charge is 0.332 e. The molecule has 1 fully saturated rings. The predicted octanol–water partition coefficient (Wildman–Crippen LogP) is 3.04. The monoisotopic (exact) mass is 319 g/mol. The number of nitrogens with one attached hydrogen (secondary N) is 3. The van der Waals surface area contributed by atoms with Crippen LogP contribution < -0.4 is 16.0 Å². The van der Waals surface area contributed by atoms with E-state index < -0.39 is 0 Å². The Bertz CT molecular complexity index is 551. The van der Waals surface area contributed by atoms with Gasteiger partial charge in [-0.2, -0.15) is 0 Å². The van der Waals surface area contributed by atoms with Crippen molar-refractivity contribution in [1.82, 2.24) is 5.32 Å². The van der Waals surface area contributed by atoms with Crippen LogP contribution in [-0.2, 0) is 9.59 Å². The minimum atomic E-state index is -0.115. The smallest absolute Gasteiger partial charge is 0.226 e. The standard InChI is InChI=1S/C16H21N3O2S/c1-11(20)17-13-6-8-14(9-7-13)18-16(22)19-15(21)10-12-4-2-3-5-12/h6-9,12H,2-5,10H2,1H3,(H,17,20)(H2,18,19,21,22). The molecule has 0 heterocycles. The number of carbonyl (C=O) groups is 2. The molecule has 1 aromatic carbocycles. The van der Waals surface area contributed by atoms with Gasteiger partial charge in [0.2, 0.25) is 11.8 Å². The third-order valence-corrected chi connectivity index (χ3v) is 3.87. The molecule has 0 aromatic heterocycles. The van der Waals surface area contributed by atoms with Crippen LogP contribution in [0.4, 0.5) is 11.4 Å². The summed E-state index contributed by atoms with van der Waals surface area (Å²) in [5, 5.41) is 8.67. The molecular formula is C16H21N3O2S. The Kier molecular flexibility index (Phi) is 5.89. The van der Waals surface area contributed by atoms with Crippen molar-refractivity contribution in [3.05, 3.63) is 24.3 Å². The Hall–Kier alpha value is -1.95. The molecule has 1 aromatic rings. The van der Waals surface area contributed by atoms with Crippen molar-refractivity contribution >= 4 is 40.5 Å². The maximum absolute atomic E-state index is 11.9. The van der Waals surface area contributed by atoms with Gasteiger partial charge in [0.05, 0.1) is 0 Å². The van der Waals surface area contributed by atoms with Crippen LogP contribution in [0.25, 0.3) is 0 Å². The van der Waals surface area contributed by atoms with Crippen LogP contribution in [0.15, 0.2) is 24.3 Å². The van der Waals surface area contributed by atoms with Crippen molar-refractivity contribution in [1.29, 1.82) is 0 Å². The second kappa shape index (κ2) is 7.89. The number of rotatable bonds is 4. The fraction of sp³-hybridized carbons (Fsp3) is 0.438. The number of carbonyl (C=O) groups excluding carboxylic acids is 2. The molecule has 22 heavy (non-hydrogen) atoms. The summed E-state index contributed by atoms with van der Waals surface area (Å²) < 4.78 is 0. The third-order valence-electron chi connectivity index (χ3n) is 3.66. The third kappa shape index (κ3) is 5.44. The number of hydrogen-bond acceptors (Lipinski definition) is 3. The van der Waals surface area contributed by atoms with E-state index in [1.165, 1.54) is 19.8 Å². The van der Waals surface area contributed by atoms with Gasteiger partial charge in [-0.05, 0) is 55.2 Å². The molecule has 1 aliphatic rings. The van der Waals surface area contributed by atoms with Crippen LogP contribution in [0.5, 0.6) is 0 Å². The molecule has 0 radical (unpaired) electrons. The van der Waals surface area contributed by atoms with Crippen LogP contribution >= 0.6 is 12.2 Å². The van der Waals surface area contributed by atoms with Crippen molar-refractivity contribution in [2.45, 2.75) is 39.0 Å². The maximum atomic E-state index is 11.9. The van der Waals surface area contributed by atoms with E-state index in [-0.39, 0.29) is 11.8 Å². The molecule has 2 rings (SSSR count). The highest BCUT2D eigenvalue weighted by atomic mass is 32.1. The highest BCUT2D eigenvalue weighted by Gasteiger charge is 2.18. The van der Waals surface area contributed by atoms with Gasteiger partial charge >= 0.3 is 0 Å². The molecule has 2 amide bonds. The van der Waals surface area contributed by atoms with Gasteiger partial charge in [-0.25, -0.2) is 0 Å². The lowest BCUT2D eigenvalue weighted by Crippen LogP contribution is -2.34. The first kappa shape index (κ1) is 16.4. The molecule has 0 bridgehead atoms. The van der Waals surface area contributed by atoms with E-state index in [1.54, 1.807) is 24.3 Å². The Morgan fingerprint density at radius 2 is 1.64 bits per heavy atom. The summed E-state index contributed by atoms with van der Waals surface area (Å²) in [6.07, 6.45) is 5.27. The lowest BCUT2D eigenvalue weighted by Gasteiger charge is -2.12. The highest BCUT2D eigenvalue weighted by Crippen LogP contribution is 2.27. The Morgan fingerprint density at radius 3 is 2.18 bits per heavy atom. The van der Waals surface area contributed by atoms with Gasteiger partial charge in [-0.15, -0.1) is 0 Å². The van der Waals surface area contributed by atoms with Crippen LogP contribution in [0.2, 0.25) is 0 Å². The zero-order valence-electron chi connectivity index (χ0n) is 12.6. The summed E-state index contributed by atoms with van der Waals surface area (Å²) in [6, 6.07) is 7.13. The maximum Gasteiger partial charge on any atom is 0.226 e. The molecule has 118 valence electrons. The first-order valence-electron chi connectivity index (χ1n) is 7.51. The minimum Gasteiger partial charge on any atom is -0.332 e. The normalized spacial score (nSPS) is 14.4. The van der Waals surface area contributed by atoms with Crippen LogP contribution in [0, 0.1) is 5.92 Å². The molecule has 1 aliphatic carbocycles. The van der Waals surface area contributed by atoms with E-state index in [4.69, 9.17) is 12.2 Å². The van der Waals surface area contributed by atoms with E-state index in [9.17, 15) is 9.59 Å². The van der Waals surface area contributed by atoms with Gasteiger partial charge in [0, 0.05) is 24.7 Å². The van der Waals surface area contributed by atoms with Crippen molar-refractivity contribution in [2.24, 2.45) is 5.92 Å². The summed E-state index contributed by atoms with van der Waals surface area (Å²) in [7, 11) is 0. The summed E-state index contributed by atoms with van der Waals surface area (Å²) in [6.45, 7) is 1.46. The average Bonchev–Trinajstić information content (AvgIpc) is 2.93. The van der Waals surface area contributed by atoms with Crippen molar-refractivity contribution in [3.8, 4) is 0 Å². The summed E-state index contributed by atoms with van der Waals surface area (Å²) in [5.41, 5.74) is 1.48. The van der Waals surface area contributed by atoms with Gasteiger partial charge < -0.3 is 16.0 Å². The second-order valence-electron chi connectivity index (χ2n) is 5.62. The summed E-state index contributed by atoms with van der Waals surface area (Å²) in [5.74, 6) is 0.356. The number of amides is 2. The SMILES string of the molecule is CC(=O)Nc1ccc(NC(=S)NC(=O)CC2CCCC2)cc1. The van der Waals surface area contributed by atoms with Crippen molar-refractivity contribution in [2.75, 3.05) is 10.6 Å². The fourth-order valence-corrected chi connectivity index (χ4v) is 2.89. The zero-order chi connectivity index (χ0) is 15.9. The Balaban J connectivity index is 1.78. The quantitative estimate of drug-likeness (QED) is 0.746. The first-order chi connectivity index (χ1) is 10.5. The first-order valence-corrected chi connectivity index (χ1v) is 7.92. The molecule has 5 nitrogen and oxygen atoms in total. The Labute approximate surface area is 135 Å². The molecule has 1 saturated carbocycles. The van der Waals surface area contributed by atoms with Gasteiger partial charge in [0.1, 0.15) is 0 Å². The lowest BCUT2D eigenvalue weighted by atomic mass is 10.0. The Morgan fingerprint density at radius 1 is 1.09 bits per heavy atom. The fourth-order valence-electron chi connectivity index (χ4n) is 2.66. The highest BCUT2D eigenvalue weighted by molar-refractivity contribution is 7.80. The van der Waals surface area contributed by atoms with Crippen LogP contribution in [0.3, 0.4) is 0 Å². The number of anilines is 2. The summed E-state index contributed by atoms with van der Waals surface area (Å²) >= 11 is 5.14. The van der Waals surface area contributed by atoms with Gasteiger partial charge in [-0.1, -0.05) is 12.8 Å². The molecule has 0 saturated heterocycles. The number of hydrogen-bond donors (Lipinski definition) is 3. The predicted molar refractivity (Wildman–Crippen MR) is 91.7 cm³/mol. The molecular weight excluding hydrogens is 298 g/mol. The molecule has 0 unspecified atom stereocenters. The number of benzene rings is 1. The van der Waals surface area contributed by atoms with E-state index in [2.05, 4.69) is 16.0 Å². The summed E-state index contributed by atoms with van der Waals surface area (Å²) in [4.78, 5) is 22.8. The van der Waals surface area contributed by atoms with Gasteiger partial charge in [0.15, 0.2) is 5.11 Å². The van der Waals surface area contributed by atoms with E-state index in [1.807, 2.05) is 0 Å². The topological polar surface area (TPSA) is 70.2 Å². The van der Waals surface area contributed by atoms with E-state index >= 15 is 0 Å². The number of thiocarbonyl (C=S) groups is 1. The van der Waals surface area contributed by atoms with E-state index in [0.29, 0.717) is 23.1 Å². The molecule has 0 atom stereocenters. The molecule has 3 N–H and O–H groups in total. The van der Waals surface area contributed by atoms with Gasteiger partial charge in [-0.3, -0.25) is 9.59 Å². The average molecular weight is 319 g/mol. The second-order valence-corrected chi connectivity index (χ2v) is 6.02. The molecule has 6 heteroatoms.